The molecule has 2 N–H and O–H groups in total. The number of halogens is 5. The van der Waals surface area contributed by atoms with E-state index in [0.717, 1.165) is 0 Å². The van der Waals surface area contributed by atoms with Crippen LogP contribution in [-0.2, 0) is 10.9 Å². The van der Waals surface area contributed by atoms with Crippen LogP contribution in [0.3, 0.4) is 0 Å². The molecule has 0 aliphatic rings. The Hall–Kier alpha value is -1.90. The minimum Gasteiger partial charge on any atom is -0.444 e. The Morgan fingerprint density at radius 3 is 2.22 bits per heavy atom. The van der Waals surface area contributed by atoms with E-state index in [9.17, 15) is 31.9 Å². The van der Waals surface area contributed by atoms with Gasteiger partial charge in [-0.05, 0) is 32.9 Å². The Balaban J connectivity index is 3.20. The number of amides is 1. The molecule has 1 unspecified atom stereocenters. The third-order valence-corrected chi connectivity index (χ3v) is 2.57. The predicted molar refractivity (Wildman–Crippen MR) is 72.3 cm³/mol. The maximum absolute atomic E-state index is 12.7. The maximum Gasteiger partial charge on any atom is 0.416 e. The largest absolute Gasteiger partial charge is 0.444 e. The summed E-state index contributed by atoms with van der Waals surface area (Å²) >= 11 is 0. The molecule has 1 aromatic rings. The zero-order chi connectivity index (χ0) is 18.0. The van der Waals surface area contributed by atoms with Crippen molar-refractivity contribution in [3.8, 4) is 0 Å². The van der Waals surface area contributed by atoms with Crippen molar-refractivity contribution in [2.45, 2.75) is 45.1 Å². The molecule has 1 atom stereocenters. The van der Waals surface area contributed by atoms with Gasteiger partial charge < -0.3 is 9.84 Å². The van der Waals surface area contributed by atoms with Crippen molar-refractivity contribution in [1.29, 1.82) is 0 Å². The van der Waals surface area contributed by atoms with Gasteiger partial charge in [-0.2, -0.15) is 13.2 Å². The van der Waals surface area contributed by atoms with E-state index in [2.05, 4.69) is 0 Å². The van der Waals surface area contributed by atoms with Crippen LogP contribution in [0.2, 0.25) is 0 Å². The summed E-state index contributed by atoms with van der Waals surface area (Å²) < 4.78 is 68.2. The van der Waals surface area contributed by atoms with E-state index >= 15 is 0 Å². The molecule has 130 valence electrons. The average molecular weight is 341 g/mol. The lowest BCUT2D eigenvalue weighted by Gasteiger charge is -2.22. The first-order valence-corrected chi connectivity index (χ1v) is 6.48. The van der Waals surface area contributed by atoms with Crippen LogP contribution in [0.4, 0.5) is 32.4 Å². The molecule has 1 aromatic carbocycles. The molecule has 0 aromatic heterocycles. The van der Waals surface area contributed by atoms with Crippen molar-refractivity contribution in [1.82, 2.24) is 0 Å². The van der Waals surface area contributed by atoms with Gasteiger partial charge in [0.05, 0.1) is 11.3 Å². The number of hydrogen-bond acceptors (Lipinski definition) is 3. The quantitative estimate of drug-likeness (QED) is 0.804. The van der Waals surface area contributed by atoms with E-state index in [1.165, 1.54) is 20.8 Å². The minimum absolute atomic E-state index is 0.463. The van der Waals surface area contributed by atoms with E-state index in [1.807, 2.05) is 5.32 Å². The maximum atomic E-state index is 12.7. The summed E-state index contributed by atoms with van der Waals surface area (Å²) in [6.45, 7) is 4.56. The number of hydrogen-bond donors (Lipinski definition) is 2. The second kappa shape index (κ2) is 6.69. The molecule has 0 heterocycles. The summed E-state index contributed by atoms with van der Waals surface area (Å²) in [5.74, 6) is 0. The first-order chi connectivity index (χ1) is 10.3. The molecular weight excluding hydrogens is 325 g/mol. The highest BCUT2D eigenvalue weighted by Crippen LogP contribution is 2.35. The van der Waals surface area contributed by atoms with Gasteiger partial charge in [-0.25, -0.2) is 13.6 Å². The molecule has 0 spiro atoms. The summed E-state index contributed by atoms with van der Waals surface area (Å²) in [4.78, 5) is 11.7. The van der Waals surface area contributed by atoms with Crippen molar-refractivity contribution in [2.24, 2.45) is 0 Å². The second-order valence-corrected chi connectivity index (χ2v) is 5.71. The summed E-state index contributed by atoms with van der Waals surface area (Å²) in [5.41, 5.74) is -3.23. The van der Waals surface area contributed by atoms with E-state index in [0.29, 0.717) is 18.2 Å². The van der Waals surface area contributed by atoms with Gasteiger partial charge in [0.15, 0.2) is 0 Å². The minimum atomic E-state index is -4.74. The fourth-order valence-electron chi connectivity index (χ4n) is 1.65. The monoisotopic (exact) mass is 341 g/mol. The molecule has 0 fully saturated rings. The molecule has 0 bridgehead atoms. The number of aliphatic hydroxyl groups excluding tert-OH is 1. The topological polar surface area (TPSA) is 58.6 Å². The molecule has 0 saturated heterocycles. The van der Waals surface area contributed by atoms with Crippen LogP contribution >= 0.6 is 0 Å². The lowest BCUT2D eigenvalue weighted by Crippen LogP contribution is -2.28. The number of rotatable bonds is 3. The van der Waals surface area contributed by atoms with Gasteiger partial charge in [-0.1, -0.05) is 6.07 Å². The highest BCUT2D eigenvalue weighted by molar-refractivity contribution is 5.86. The number of alkyl halides is 5. The third kappa shape index (κ3) is 5.66. The third-order valence-electron chi connectivity index (χ3n) is 2.57. The molecule has 0 aliphatic heterocycles. The lowest BCUT2D eigenvalue weighted by atomic mass is 10.0. The smallest absolute Gasteiger partial charge is 0.416 e. The van der Waals surface area contributed by atoms with Gasteiger partial charge in [0.1, 0.15) is 11.7 Å². The number of nitrogens with one attached hydrogen (secondary N) is 1. The Kier molecular flexibility index (Phi) is 5.57. The van der Waals surface area contributed by atoms with Crippen molar-refractivity contribution in [3.05, 3.63) is 29.3 Å². The first kappa shape index (κ1) is 19.1. The standard InChI is InChI=1S/C14H16F5NO3/c1-13(2,3)23-12(22)20-9-6-7(14(17,18)19)4-5-8(9)10(21)11(15)16/h4-6,10-11,21H,1-3H3,(H,20,22). The molecule has 1 rings (SSSR count). The number of carbonyl (C=O) groups is 1. The number of anilines is 1. The predicted octanol–water partition coefficient (Wildman–Crippen LogP) is 4.35. The number of benzene rings is 1. The number of aliphatic hydroxyl groups is 1. The first-order valence-electron chi connectivity index (χ1n) is 6.48. The van der Waals surface area contributed by atoms with Gasteiger partial charge in [0.25, 0.3) is 6.43 Å². The molecule has 4 nitrogen and oxygen atoms in total. The van der Waals surface area contributed by atoms with E-state index < -0.39 is 47.2 Å². The van der Waals surface area contributed by atoms with Crippen molar-refractivity contribution >= 4 is 11.8 Å². The van der Waals surface area contributed by atoms with E-state index in [4.69, 9.17) is 4.74 Å². The SMILES string of the molecule is CC(C)(C)OC(=O)Nc1cc(C(F)(F)F)ccc1C(O)C(F)F. The van der Waals surface area contributed by atoms with Crippen molar-refractivity contribution < 1.29 is 36.6 Å². The van der Waals surface area contributed by atoms with Gasteiger partial charge in [0.2, 0.25) is 0 Å². The van der Waals surface area contributed by atoms with Gasteiger partial charge in [-0.3, -0.25) is 5.32 Å². The molecule has 0 saturated carbocycles. The highest BCUT2D eigenvalue weighted by Gasteiger charge is 2.33. The molecule has 1 amide bonds. The normalized spacial score (nSPS) is 13.8. The summed E-state index contributed by atoms with van der Waals surface area (Å²) in [6, 6.07) is 1.69. The van der Waals surface area contributed by atoms with Crippen molar-refractivity contribution in [3.63, 3.8) is 0 Å². The molecule has 23 heavy (non-hydrogen) atoms. The molecule has 9 heteroatoms. The van der Waals surface area contributed by atoms with Crippen LogP contribution in [0.15, 0.2) is 18.2 Å². The second-order valence-electron chi connectivity index (χ2n) is 5.71. The number of ether oxygens (including phenoxy) is 1. The highest BCUT2D eigenvalue weighted by atomic mass is 19.4. The Morgan fingerprint density at radius 1 is 1.22 bits per heavy atom. The number of carbonyl (C=O) groups excluding carboxylic acids is 1. The van der Waals surface area contributed by atoms with Crippen LogP contribution in [0, 0.1) is 0 Å². The van der Waals surface area contributed by atoms with E-state index in [1.54, 1.807) is 0 Å². The van der Waals surface area contributed by atoms with Crippen LogP contribution in [0.25, 0.3) is 0 Å². The van der Waals surface area contributed by atoms with Gasteiger partial charge in [0, 0.05) is 5.56 Å². The fraction of sp³-hybridized carbons (Fsp3) is 0.500. The van der Waals surface area contributed by atoms with Gasteiger partial charge in [-0.15, -0.1) is 0 Å². The van der Waals surface area contributed by atoms with Crippen molar-refractivity contribution in [2.75, 3.05) is 5.32 Å². The van der Waals surface area contributed by atoms with Crippen LogP contribution in [0.5, 0.6) is 0 Å². The van der Waals surface area contributed by atoms with E-state index in [-0.39, 0.29) is 0 Å². The summed E-state index contributed by atoms with van der Waals surface area (Å²) in [5, 5.41) is 11.4. The average Bonchev–Trinajstić information content (AvgIpc) is 2.34. The zero-order valence-electron chi connectivity index (χ0n) is 12.5. The van der Waals surface area contributed by atoms with Crippen LogP contribution in [0.1, 0.15) is 38.0 Å². The lowest BCUT2D eigenvalue weighted by molar-refractivity contribution is -0.137. The molecular formula is C14H16F5NO3. The fourth-order valence-corrected chi connectivity index (χ4v) is 1.65. The Labute approximate surface area is 129 Å². The van der Waals surface area contributed by atoms with Gasteiger partial charge >= 0.3 is 12.3 Å². The Bertz CT molecular complexity index is 567. The zero-order valence-corrected chi connectivity index (χ0v) is 12.5. The summed E-state index contributed by atoms with van der Waals surface area (Å²) in [6.07, 6.45) is -11.4. The molecule has 0 aliphatic carbocycles. The summed E-state index contributed by atoms with van der Waals surface area (Å²) in [7, 11) is 0. The Morgan fingerprint density at radius 2 is 1.78 bits per heavy atom. The molecule has 0 radical (unpaired) electrons. The van der Waals surface area contributed by atoms with Crippen LogP contribution in [-0.4, -0.2) is 23.2 Å². The van der Waals surface area contributed by atoms with Crippen LogP contribution < -0.4 is 5.32 Å².